The molecule has 0 aliphatic carbocycles. The van der Waals surface area contributed by atoms with Crippen LogP contribution in [0, 0.1) is 0 Å². The van der Waals surface area contributed by atoms with Gasteiger partial charge in [0.2, 0.25) is 0 Å². The summed E-state index contributed by atoms with van der Waals surface area (Å²) in [5, 5.41) is 3.38. The summed E-state index contributed by atoms with van der Waals surface area (Å²) in [6, 6.07) is 0.230. The van der Waals surface area contributed by atoms with Gasteiger partial charge in [0.1, 0.15) is 18.0 Å². The van der Waals surface area contributed by atoms with Crippen molar-refractivity contribution in [1.82, 2.24) is 9.97 Å². The van der Waals surface area contributed by atoms with Gasteiger partial charge in [0, 0.05) is 12.7 Å². The van der Waals surface area contributed by atoms with E-state index in [1.807, 2.05) is 0 Å². The third-order valence-corrected chi connectivity index (χ3v) is 2.80. The number of methoxy groups -OCH3 is 1. The maximum Gasteiger partial charge on any atom is 0.148 e. The van der Waals surface area contributed by atoms with Crippen molar-refractivity contribution in [3.63, 3.8) is 0 Å². The largest absolute Gasteiger partial charge is 0.383 e. The van der Waals surface area contributed by atoms with E-state index in [9.17, 15) is 0 Å². The summed E-state index contributed by atoms with van der Waals surface area (Å²) in [6.45, 7) is 6.92. The smallest absolute Gasteiger partial charge is 0.148 e. The van der Waals surface area contributed by atoms with E-state index < -0.39 is 0 Å². The molecule has 1 atom stereocenters. The molecule has 1 unspecified atom stereocenters. The average Bonchev–Trinajstić information content (AvgIpc) is 2.37. The van der Waals surface area contributed by atoms with Gasteiger partial charge in [-0.1, -0.05) is 20.8 Å². The molecule has 0 aromatic carbocycles. The maximum atomic E-state index is 5.49. The zero-order valence-electron chi connectivity index (χ0n) is 11.5. The molecule has 0 bridgehead atoms. The summed E-state index contributed by atoms with van der Waals surface area (Å²) in [5.41, 5.74) is 3.61. The average molecular weight is 253 g/mol. The highest BCUT2D eigenvalue weighted by Crippen LogP contribution is 2.28. The Bertz CT molecular complexity index is 369. The third-order valence-electron chi connectivity index (χ3n) is 2.80. The molecule has 0 spiro atoms. The number of rotatable bonds is 7. The van der Waals surface area contributed by atoms with Crippen molar-refractivity contribution in [2.75, 3.05) is 24.5 Å². The predicted molar refractivity (Wildman–Crippen MR) is 73.5 cm³/mol. The van der Waals surface area contributed by atoms with Gasteiger partial charge in [0.15, 0.2) is 0 Å². The highest BCUT2D eigenvalue weighted by molar-refractivity contribution is 5.58. The van der Waals surface area contributed by atoms with Crippen LogP contribution in [0.2, 0.25) is 0 Å². The SMILES string of the molecule is CCC(COC)Nc1ncnc(NN)c1C(C)C. The second kappa shape index (κ2) is 7.13. The second-order valence-corrected chi connectivity index (χ2v) is 4.49. The van der Waals surface area contributed by atoms with Crippen LogP contribution < -0.4 is 16.6 Å². The first-order valence-corrected chi connectivity index (χ1v) is 6.20. The molecule has 18 heavy (non-hydrogen) atoms. The lowest BCUT2D eigenvalue weighted by atomic mass is 10.0. The van der Waals surface area contributed by atoms with Crippen LogP contribution >= 0.6 is 0 Å². The van der Waals surface area contributed by atoms with Gasteiger partial charge in [-0.2, -0.15) is 0 Å². The highest BCUT2D eigenvalue weighted by Gasteiger charge is 2.16. The molecular weight excluding hydrogens is 230 g/mol. The molecule has 4 N–H and O–H groups in total. The molecule has 0 aliphatic heterocycles. The van der Waals surface area contributed by atoms with Crippen molar-refractivity contribution in [2.45, 2.75) is 39.2 Å². The molecule has 1 heterocycles. The van der Waals surface area contributed by atoms with Crippen LogP contribution in [0.4, 0.5) is 11.6 Å². The fraction of sp³-hybridized carbons (Fsp3) is 0.667. The van der Waals surface area contributed by atoms with E-state index in [0.717, 1.165) is 17.8 Å². The van der Waals surface area contributed by atoms with Crippen LogP contribution in [-0.4, -0.2) is 29.7 Å². The van der Waals surface area contributed by atoms with E-state index in [0.29, 0.717) is 12.4 Å². The Labute approximate surface area is 108 Å². The Morgan fingerprint density at radius 2 is 2.00 bits per heavy atom. The van der Waals surface area contributed by atoms with Gasteiger partial charge in [-0.3, -0.25) is 0 Å². The molecule has 6 heteroatoms. The number of nitrogens with one attached hydrogen (secondary N) is 2. The normalized spacial score (nSPS) is 12.6. The van der Waals surface area contributed by atoms with Crippen molar-refractivity contribution in [3.05, 3.63) is 11.9 Å². The van der Waals surface area contributed by atoms with Crippen LogP contribution in [0.25, 0.3) is 0 Å². The number of hydrogen-bond donors (Lipinski definition) is 3. The van der Waals surface area contributed by atoms with E-state index in [1.165, 1.54) is 6.33 Å². The molecule has 1 rings (SSSR count). The number of hydrazine groups is 1. The lowest BCUT2D eigenvalue weighted by Gasteiger charge is -2.21. The van der Waals surface area contributed by atoms with Crippen molar-refractivity contribution >= 4 is 11.6 Å². The Balaban J connectivity index is 3.00. The third kappa shape index (κ3) is 3.54. The summed E-state index contributed by atoms with van der Waals surface area (Å²) in [6.07, 6.45) is 2.46. The monoisotopic (exact) mass is 253 g/mol. The van der Waals surface area contributed by atoms with Crippen LogP contribution in [0.1, 0.15) is 38.7 Å². The molecule has 0 saturated carbocycles. The second-order valence-electron chi connectivity index (χ2n) is 4.49. The maximum absolute atomic E-state index is 5.49. The summed E-state index contributed by atoms with van der Waals surface area (Å²) in [7, 11) is 1.69. The number of nitrogens with two attached hydrogens (primary N) is 1. The lowest BCUT2D eigenvalue weighted by Crippen LogP contribution is -2.26. The van der Waals surface area contributed by atoms with Gasteiger partial charge in [-0.05, 0) is 12.3 Å². The fourth-order valence-corrected chi connectivity index (χ4v) is 1.83. The van der Waals surface area contributed by atoms with Crippen LogP contribution in [-0.2, 0) is 4.74 Å². The van der Waals surface area contributed by atoms with E-state index >= 15 is 0 Å². The number of anilines is 2. The van der Waals surface area contributed by atoms with Crippen LogP contribution in [0.15, 0.2) is 6.33 Å². The molecule has 0 amide bonds. The summed E-state index contributed by atoms with van der Waals surface area (Å²) in [5.74, 6) is 7.24. The minimum absolute atomic E-state index is 0.230. The minimum Gasteiger partial charge on any atom is -0.383 e. The van der Waals surface area contributed by atoms with Gasteiger partial charge in [0.25, 0.3) is 0 Å². The first-order valence-electron chi connectivity index (χ1n) is 6.20. The van der Waals surface area contributed by atoms with E-state index in [1.54, 1.807) is 7.11 Å². The summed E-state index contributed by atoms with van der Waals surface area (Å²) < 4.78 is 5.18. The standard InChI is InChI=1S/C12H23N5O/c1-5-9(6-18-4)16-11-10(8(2)3)12(17-13)15-7-14-11/h7-9H,5-6,13H2,1-4H3,(H2,14,15,16,17). The predicted octanol–water partition coefficient (Wildman–Crippen LogP) is 1.72. The Morgan fingerprint density at radius 1 is 1.33 bits per heavy atom. The van der Waals surface area contributed by atoms with Crippen molar-refractivity contribution in [1.29, 1.82) is 0 Å². The first-order chi connectivity index (χ1) is 8.63. The molecule has 0 saturated heterocycles. The number of nitrogens with zero attached hydrogens (tertiary/aromatic N) is 2. The Hall–Kier alpha value is -1.40. The summed E-state index contributed by atoms with van der Waals surface area (Å²) in [4.78, 5) is 8.44. The minimum atomic E-state index is 0.230. The van der Waals surface area contributed by atoms with Crippen LogP contribution in [0.3, 0.4) is 0 Å². The molecule has 0 fully saturated rings. The molecule has 1 aromatic heterocycles. The van der Waals surface area contributed by atoms with Gasteiger partial charge in [-0.25, -0.2) is 15.8 Å². The summed E-state index contributed by atoms with van der Waals surface area (Å²) >= 11 is 0. The number of ether oxygens (including phenoxy) is 1. The molecule has 0 aliphatic rings. The molecule has 0 radical (unpaired) electrons. The molecule has 102 valence electrons. The Kier molecular flexibility index (Phi) is 5.80. The van der Waals surface area contributed by atoms with Crippen molar-refractivity contribution < 1.29 is 4.74 Å². The van der Waals surface area contributed by atoms with Crippen molar-refractivity contribution in [2.24, 2.45) is 5.84 Å². The highest BCUT2D eigenvalue weighted by atomic mass is 16.5. The topological polar surface area (TPSA) is 85.1 Å². The molecule has 1 aromatic rings. The molecular formula is C12H23N5O. The number of nitrogen functional groups attached to an aromatic ring is 1. The van der Waals surface area contributed by atoms with E-state index in [4.69, 9.17) is 10.6 Å². The number of aromatic nitrogens is 2. The lowest BCUT2D eigenvalue weighted by molar-refractivity contribution is 0.184. The molecule has 6 nitrogen and oxygen atoms in total. The first kappa shape index (κ1) is 14.7. The Morgan fingerprint density at radius 3 is 2.50 bits per heavy atom. The van der Waals surface area contributed by atoms with Gasteiger partial charge in [-0.15, -0.1) is 0 Å². The van der Waals surface area contributed by atoms with Crippen LogP contribution in [0.5, 0.6) is 0 Å². The number of hydrogen-bond acceptors (Lipinski definition) is 6. The fourth-order valence-electron chi connectivity index (χ4n) is 1.83. The zero-order chi connectivity index (χ0) is 13.5. The van der Waals surface area contributed by atoms with E-state index in [-0.39, 0.29) is 12.0 Å². The van der Waals surface area contributed by atoms with Gasteiger partial charge >= 0.3 is 0 Å². The van der Waals surface area contributed by atoms with Crippen molar-refractivity contribution in [3.8, 4) is 0 Å². The van der Waals surface area contributed by atoms with Gasteiger partial charge in [0.05, 0.1) is 12.6 Å². The quantitative estimate of drug-likeness (QED) is 0.507. The van der Waals surface area contributed by atoms with E-state index in [2.05, 4.69) is 41.5 Å². The zero-order valence-corrected chi connectivity index (χ0v) is 11.5. The van der Waals surface area contributed by atoms with Gasteiger partial charge < -0.3 is 15.5 Å².